The number of nitrogens with zero attached hydrogens (tertiary/aromatic N) is 1. The van der Waals surface area contributed by atoms with Gasteiger partial charge < -0.3 is 14.8 Å². The summed E-state index contributed by atoms with van der Waals surface area (Å²) in [6, 6.07) is 5.00. The molecule has 1 rings (SSSR count). The van der Waals surface area contributed by atoms with Crippen LogP contribution >= 0.6 is 34.2 Å². The monoisotopic (exact) mass is 420 g/mol. The van der Waals surface area contributed by atoms with E-state index in [0.29, 0.717) is 14.8 Å². The second-order valence-corrected chi connectivity index (χ2v) is 5.19. The van der Waals surface area contributed by atoms with Crippen LogP contribution in [0.2, 0.25) is 5.02 Å². The Labute approximate surface area is 139 Å². The fraction of sp³-hybridized carbons (Fsp3) is 0.154. The van der Waals surface area contributed by atoms with Gasteiger partial charge in [-0.05, 0) is 34.7 Å². The lowest BCUT2D eigenvalue weighted by atomic mass is 10.2. The van der Waals surface area contributed by atoms with E-state index in [1.54, 1.807) is 6.07 Å². The molecule has 0 aliphatic rings. The Morgan fingerprint density at radius 1 is 1.38 bits per heavy atom. The van der Waals surface area contributed by atoms with Gasteiger partial charge in [0, 0.05) is 3.57 Å². The van der Waals surface area contributed by atoms with Crippen molar-refractivity contribution in [3.8, 4) is 6.07 Å². The topological polar surface area (TPSA) is 88.4 Å². The van der Waals surface area contributed by atoms with Gasteiger partial charge in [0.05, 0.1) is 42.6 Å². The minimum absolute atomic E-state index is 0.131. The van der Waals surface area contributed by atoms with Crippen molar-refractivity contribution >= 4 is 51.8 Å². The van der Waals surface area contributed by atoms with Gasteiger partial charge in [0.1, 0.15) is 5.70 Å². The summed E-state index contributed by atoms with van der Waals surface area (Å²) >= 11 is 8.02. The number of ether oxygens (including phenoxy) is 2. The summed E-state index contributed by atoms with van der Waals surface area (Å²) in [5, 5.41) is 11.8. The average molecular weight is 421 g/mol. The highest BCUT2D eigenvalue weighted by atomic mass is 127. The summed E-state index contributed by atoms with van der Waals surface area (Å²) in [7, 11) is 2.37. The molecular weight excluding hydrogens is 411 g/mol. The van der Waals surface area contributed by atoms with E-state index in [0.717, 1.165) is 6.08 Å². The second-order valence-electron chi connectivity index (χ2n) is 3.62. The fourth-order valence-electron chi connectivity index (χ4n) is 1.32. The maximum absolute atomic E-state index is 11.7. The molecule has 0 atom stereocenters. The largest absolute Gasteiger partial charge is 0.466 e. The molecule has 0 saturated carbocycles. The molecule has 0 aliphatic heterocycles. The van der Waals surface area contributed by atoms with E-state index in [2.05, 4.69) is 14.8 Å². The number of carbonyl (C=O) groups excluding carboxylic acids is 2. The minimum atomic E-state index is -0.753. The SMILES string of the molecule is COC(=O)/C=C(/Nc1c(Cl)cc(C#N)cc1I)C(=O)OC. The molecule has 1 aromatic carbocycles. The van der Waals surface area contributed by atoms with E-state index in [9.17, 15) is 9.59 Å². The number of rotatable bonds is 4. The lowest BCUT2D eigenvalue weighted by molar-refractivity contribution is -0.138. The summed E-state index contributed by atoms with van der Waals surface area (Å²) in [6.45, 7) is 0. The smallest absolute Gasteiger partial charge is 0.354 e. The van der Waals surface area contributed by atoms with Crippen LogP contribution in [0.25, 0.3) is 0 Å². The number of hydrogen-bond donors (Lipinski definition) is 1. The highest BCUT2D eigenvalue weighted by molar-refractivity contribution is 14.1. The molecule has 1 N–H and O–H groups in total. The van der Waals surface area contributed by atoms with Gasteiger partial charge in [0.15, 0.2) is 0 Å². The van der Waals surface area contributed by atoms with Crippen LogP contribution in [0.5, 0.6) is 0 Å². The Hall–Kier alpha value is -1.79. The number of esters is 2. The predicted octanol–water partition coefficient (Wildman–Crippen LogP) is 2.46. The molecule has 0 saturated heterocycles. The molecule has 0 radical (unpaired) electrons. The molecule has 0 spiro atoms. The van der Waals surface area contributed by atoms with Gasteiger partial charge in [-0.2, -0.15) is 5.26 Å². The number of halogens is 2. The lowest BCUT2D eigenvalue weighted by Gasteiger charge is -2.12. The zero-order chi connectivity index (χ0) is 16.0. The van der Waals surface area contributed by atoms with Crippen molar-refractivity contribution in [2.24, 2.45) is 0 Å². The number of anilines is 1. The van der Waals surface area contributed by atoms with Crippen LogP contribution in [0, 0.1) is 14.9 Å². The van der Waals surface area contributed by atoms with Crippen molar-refractivity contribution in [3.05, 3.63) is 38.1 Å². The molecule has 110 valence electrons. The third-order valence-corrected chi connectivity index (χ3v) is 3.45. The molecule has 0 heterocycles. The van der Waals surface area contributed by atoms with Gasteiger partial charge in [0.2, 0.25) is 0 Å². The normalized spacial score (nSPS) is 10.5. The van der Waals surface area contributed by atoms with Crippen LogP contribution < -0.4 is 5.32 Å². The molecule has 0 fully saturated rings. The maximum atomic E-state index is 11.7. The van der Waals surface area contributed by atoms with Crippen LogP contribution in [0.15, 0.2) is 23.9 Å². The number of nitriles is 1. The Bertz CT molecular complexity index is 629. The zero-order valence-electron chi connectivity index (χ0n) is 11.1. The highest BCUT2D eigenvalue weighted by Crippen LogP contribution is 2.30. The van der Waals surface area contributed by atoms with Crippen LogP contribution in [-0.4, -0.2) is 26.2 Å². The van der Waals surface area contributed by atoms with Gasteiger partial charge >= 0.3 is 11.9 Å². The van der Waals surface area contributed by atoms with Crippen molar-refractivity contribution in [2.75, 3.05) is 19.5 Å². The minimum Gasteiger partial charge on any atom is -0.466 e. The molecular formula is C13H10ClIN2O4. The number of nitrogens with one attached hydrogen (secondary N) is 1. The third kappa shape index (κ3) is 4.61. The van der Waals surface area contributed by atoms with Crippen molar-refractivity contribution in [3.63, 3.8) is 0 Å². The maximum Gasteiger partial charge on any atom is 0.354 e. The van der Waals surface area contributed by atoms with Gasteiger partial charge in [-0.1, -0.05) is 11.6 Å². The Morgan fingerprint density at radius 2 is 2.05 bits per heavy atom. The van der Waals surface area contributed by atoms with E-state index in [1.807, 2.05) is 28.7 Å². The van der Waals surface area contributed by atoms with Gasteiger partial charge in [-0.3, -0.25) is 0 Å². The highest BCUT2D eigenvalue weighted by Gasteiger charge is 2.16. The van der Waals surface area contributed by atoms with Crippen LogP contribution in [-0.2, 0) is 19.1 Å². The number of carbonyl (C=O) groups is 2. The average Bonchev–Trinajstić information content (AvgIpc) is 2.48. The first-order valence-electron chi connectivity index (χ1n) is 5.47. The molecule has 0 unspecified atom stereocenters. The lowest BCUT2D eigenvalue weighted by Crippen LogP contribution is -2.16. The Morgan fingerprint density at radius 3 is 2.52 bits per heavy atom. The first-order valence-corrected chi connectivity index (χ1v) is 6.92. The van der Waals surface area contributed by atoms with E-state index >= 15 is 0 Å². The molecule has 1 aromatic rings. The first-order chi connectivity index (χ1) is 9.92. The van der Waals surface area contributed by atoms with E-state index < -0.39 is 11.9 Å². The molecule has 0 amide bonds. The molecule has 8 heteroatoms. The Balaban J connectivity index is 3.22. The van der Waals surface area contributed by atoms with Crippen molar-refractivity contribution < 1.29 is 19.1 Å². The van der Waals surface area contributed by atoms with Crippen LogP contribution in [0.3, 0.4) is 0 Å². The van der Waals surface area contributed by atoms with Crippen LogP contribution in [0.1, 0.15) is 5.56 Å². The molecule has 0 aromatic heterocycles. The third-order valence-electron chi connectivity index (χ3n) is 2.30. The van der Waals surface area contributed by atoms with Gasteiger partial charge in [-0.25, -0.2) is 9.59 Å². The number of benzene rings is 1. The summed E-state index contributed by atoms with van der Waals surface area (Å²) in [5.41, 5.74) is 0.636. The van der Waals surface area contributed by atoms with E-state index in [-0.39, 0.29) is 10.7 Å². The molecule has 0 aliphatic carbocycles. The summed E-state index contributed by atoms with van der Waals surface area (Å²) in [4.78, 5) is 22.9. The standard InChI is InChI=1S/C13H10ClIN2O4/c1-20-11(18)5-10(13(19)21-2)17-12-8(14)3-7(6-16)4-9(12)15/h3-5,17H,1-2H3/b10-5+. The fourth-order valence-corrected chi connectivity index (χ4v) is 2.51. The second kappa shape index (κ2) is 7.85. The van der Waals surface area contributed by atoms with Gasteiger partial charge in [0.25, 0.3) is 0 Å². The predicted molar refractivity (Wildman–Crippen MR) is 84.6 cm³/mol. The van der Waals surface area contributed by atoms with E-state index in [1.165, 1.54) is 20.3 Å². The summed E-state index contributed by atoms with van der Waals surface area (Å²) < 4.78 is 9.66. The number of hydrogen-bond acceptors (Lipinski definition) is 6. The molecule has 21 heavy (non-hydrogen) atoms. The van der Waals surface area contributed by atoms with E-state index in [4.69, 9.17) is 16.9 Å². The van der Waals surface area contributed by atoms with Crippen molar-refractivity contribution in [2.45, 2.75) is 0 Å². The van der Waals surface area contributed by atoms with Crippen molar-refractivity contribution in [1.29, 1.82) is 5.26 Å². The summed E-state index contributed by atoms with van der Waals surface area (Å²) in [6.07, 6.45) is 0.955. The van der Waals surface area contributed by atoms with Gasteiger partial charge in [-0.15, -0.1) is 0 Å². The Kier molecular flexibility index (Phi) is 6.45. The van der Waals surface area contributed by atoms with Crippen molar-refractivity contribution in [1.82, 2.24) is 0 Å². The first kappa shape index (κ1) is 17.3. The molecule has 6 nitrogen and oxygen atoms in total. The molecule has 0 bridgehead atoms. The summed E-state index contributed by atoms with van der Waals surface area (Å²) in [5.74, 6) is -1.47. The van der Waals surface area contributed by atoms with Crippen LogP contribution in [0.4, 0.5) is 5.69 Å². The quantitative estimate of drug-likeness (QED) is 0.457. The zero-order valence-corrected chi connectivity index (χ0v) is 14.0. The number of methoxy groups -OCH3 is 2.